The molecule has 0 fully saturated rings. The van der Waals surface area contributed by atoms with Gasteiger partial charge in [0.2, 0.25) is 0 Å². The summed E-state index contributed by atoms with van der Waals surface area (Å²) in [5, 5.41) is 0.842. The Balaban J connectivity index is 1.94. The Hall–Kier alpha value is -2.15. The first-order chi connectivity index (χ1) is 13.5. The molecule has 1 N–H and O–H groups in total. The van der Waals surface area contributed by atoms with Crippen molar-refractivity contribution in [3.8, 4) is 0 Å². The van der Waals surface area contributed by atoms with Crippen LogP contribution in [0.15, 0.2) is 63.2 Å². The molecule has 0 radical (unpaired) electrons. The van der Waals surface area contributed by atoms with E-state index in [2.05, 4.69) is 37.0 Å². The zero-order valence-corrected chi connectivity index (χ0v) is 18.0. The molecular formula is C22H24N2O2S2. The lowest BCUT2D eigenvalue weighted by Gasteiger charge is -2.17. The lowest BCUT2D eigenvalue weighted by atomic mass is 10.2. The summed E-state index contributed by atoms with van der Waals surface area (Å²) in [5.41, 5.74) is 4.07. The fourth-order valence-corrected chi connectivity index (χ4v) is 4.69. The second kappa shape index (κ2) is 9.37. The number of rotatable bonds is 7. The van der Waals surface area contributed by atoms with Crippen LogP contribution in [0.25, 0.3) is 0 Å². The van der Waals surface area contributed by atoms with E-state index < -0.39 is 0 Å². The maximum absolute atomic E-state index is 12.5. The van der Waals surface area contributed by atoms with Gasteiger partial charge in [-0.2, -0.15) is 0 Å². The van der Waals surface area contributed by atoms with Crippen molar-refractivity contribution in [2.45, 2.75) is 50.5 Å². The molecule has 0 aliphatic carbocycles. The van der Waals surface area contributed by atoms with Crippen molar-refractivity contribution >= 4 is 24.0 Å². The Kier molecular flexibility index (Phi) is 6.88. The molecule has 0 aliphatic heterocycles. The van der Waals surface area contributed by atoms with E-state index in [-0.39, 0.29) is 12.3 Å². The Morgan fingerprint density at radius 2 is 1.79 bits per heavy atom. The van der Waals surface area contributed by atoms with Crippen molar-refractivity contribution in [2.24, 2.45) is 0 Å². The van der Waals surface area contributed by atoms with E-state index in [1.165, 1.54) is 11.1 Å². The Labute approximate surface area is 174 Å². The van der Waals surface area contributed by atoms with Crippen LogP contribution in [0.2, 0.25) is 0 Å². The summed E-state index contributed by atoms with van der Waals surface area (Å²) in [5.74, 6) is 0. The maximum Gasteiger partial charge on any atom is 0.255 e. The molecular weight excluding hydrogens is 388 g/mol. The number of aryl methyl sites for hydroxylation is 2. The normalized spacial score (nSPS) is 11.0. The van der Waals surface area contributed by atoms with Gasteiger partial charge in [-0.15, -0.1) is 0 Å². The minimum absolute atomic E-state index is 0.126. The summed E-state index contributed by atoms with van der Waals surface area (Å²) in [7, 11) is 0. The number of aromatic nitrogens is 2. The van der Waals surface area contributed by atoms with Crippen LogP contribution >= 0.6 is 24.0 Å². The van der Waals surface area contributed by atoms with Gasteiger partial charge in [-0.1, -0.05) is 55.1 Å². The summed E-state index contributed by atoms with van der Waals surface area (Å²) in [6.07, 6.45) is 0.622. The number of hydrogen-bond acceptors (Lipinski definition) is 4. The zero-order chi connectivity index (χ0) is 20.1. The molecule has 1 aromatic heterocycles. The molecule has 0 unspecified atom stereocenters. The molecule has 28 heavy (non-hydrogen) atoms. The van der Waals surface area contributed by atoms with Crippen molar-refractivity contribution in [3.63, 3.8) is 0 Å². The average Bonchev–Trinajstić information content (AvgIpc) is 2.64. The molecule has 0 saturated heterocycles. The molecule has 6 heteroatoms. The van der Waals surface area contributed by atoms with Crippen LogP contribution in [0, 0.1) is 18.6 Å². The lowest BCUT2D eigenvalue weighted by Crippen LogP contribution is -2.21. The van der Waals surface area contributed by atoms with Crippen LogP contribution in [0.1, 0.15) is 29.2 Å². The van der Waals surface area contributed by atoms with Crippen molar-refractivity contribution in [1.82, 2.24) is 9.55 Å². The first-order valence-corrected chi connectivity index (χ1v) is 10.4. The van der Waals surface area contributed by atoms with Gasteiger partial charge >= 0.3 is 0 Å². The van der Waals surface area contributed by atoms with Gasteiger partial charge in [0.25, 0.3) is 5.56 Å². The molecule has 3 rings (SSSR count). The molecule has 0 saturated carbocycles. The highest BCUT2D eigenvalue weighted by molar-refractivity contribution is 7.99. The lowest BCUT2D eigenvalue weighted by molar-refractivity contribution is 0.0564. The molecule has 0 amide bonds. The second-order valence-corrected chi connectivity index (χ2v) is 8.16. The monoisotopic (exact) mass is 412 g/mol. The Morgan fingerprint density at radius 1 is 1.11 bits per heavy atom. The van der Waals surface area contributed by atoms with Crippen LogP contribution in [-0.4, -0.2) is 9.55 Å². The van der Waals surface area contributed by atoms with Gasteiger partial charge in [0.15, 0.2) is 4.77 Å². The van der Waals surface area contributed by atoms with E-state index in [0.29, 0.717) is 17.8 Å². The van der Waals surface area contributed by atoms with E-state index in [9.17, 15) is 4.79 Å². The molecule has 0 bridgehead atoms. The predicted molar refractivity (Wildman–Crippen MR) is 117 cm³/mol. The summed E-state index contributed by atoms with van der Waals surface area (Å²) in [6.45, 7) is 6.89. The molecule has 1 heterocycles. The van der Waals surface area contributed by atoms with Gasteiger partial charge in [-0.25, -0.2) is 0 Å². The van der Waals surface area contributed by atoms with Gasteiger partial charge in [0.1, 0.15) is 6.73 Å². The third-order valence-electron chi connectivity index (χ3n) is 4.34. The Morgan fingerprint density at radius 3 is 2.43 bits per heavy atom. The SMILES string of the molecule is CCc1c(Sc2cc(C)cc(C)c2)n(COCc2ccccc2)c(=S)[nH]c1=O. The molecule has 0 aliphatic rings. The highest BCUT2D eigenvalue weighted by atomic mass is 32.2. The van der Waals surface area contributed by atoms with E-state index in [1.807, 2.05) is 41.8 Å². The van der Waals surface area contributed by atoms with Crippen molar-refractivity contribution in [2.75, 3.05) is 0 Å². The zero-order valence-electron chi connectivity index (χ0n) is 16.3. The number of H-pyrrole nitrogens is 1. The fraction of sp³-hybridized carbons (Fsp3) is 0.273. The average molecular weight is 413 g/mol. The summed E-state index contributed by atoms with van der Waals surface area (Å²) < 4.78 is 8.17. The number of nitrogens with one attached hydrogen (secondary N) is 1. The smallest absolute Gasteiger partial charge is 0.255 e. The van der Waals surface area contributed by atoms with Gasteiger partial charge in [-0.05, 0) is 61.3 Å². The molecule has 0 atom stereocenters. The van der Waals surface area contributed by atoms with Crippen molar-refractivity contribution < 1.29 is 4.74 Å². The van der Waals surface area contributed by atoms with Crippen LogP contribution in [0.4, 0.5) is 0 Å². The number of hydrogen-bond donors (Lipinski definition) is 1. The summed E-state index contributed by atoms with van der Waals surface area (Å²) >= 11 is 7.01. The van der Waals surface area contributed by atoms with Gasteiger partial charge in [0, 0.05) is 10.5 Å². The molecule has 0 spiro atoms. The summed E-state index contributed by atoms with van der Waals surface area (Å²) in [4.78, 5) is 16.3. The van der Waals surface area contributed by atoms with Crippen LogP contribution in [0.3, 0.4) is 0 Å². The minimum Gasteiger partial charge on any atom is -0.356 e. The van der Waals surface area contributed by atoms with Crippen LogP contribution in [-0.2, 0) is 24.5 Å². The summed E-state index contributed by atoms with van der Waals surface area (Å²) in [6, 6.07) is 16.4. The first kappa shape index (κ1) is 20.6. The van der Waals surface area contributed by atoms with Crippen molar-refractivity contribution in [3.05, 3.63) is 85.9 Å². The van der Waals surface area contributed by atoms with Gasteiger partial charge in [-0.3, -0.25) is 14.3 Å². The topological polar surface area (TPSA) is 47.0 Å². The number of ether oxygens (including phenoxy) is 1. The maximum atomic E-state index is 12.5. The van der Waals surface area contributed by atoms with E-state index in [0.717, 1.165) is 21.0 Å². The van der Waals surface area contributed by atoms with Crippen LogP contribution in [0.5, 0.6) is 0 Å². The highest BCUT2D eigenvalue weighted by Gasteiger charge is 2.14. The number of benzene rings is 2. The predicted octanol–water partition coefficient (Wildman–Crippen LogP) is 5.41. The van der Waals surface area contributed by atoms with Gasteiger partial charge in [0.05, 0.1) is 11.6 Å². The highest BCUT2D eigenvalue weighted by Crippen LogP contribution is 2.31. The molecule has 146 valence electrons. The fourth-order valence-electron chi connectivity index (χ4n) is 3.07. The minimum atomic E-state index is -0.126. The largest absolute Gasteiger partial charge is 0.356 e. The van der Waals surface area contributed by atoms with E-state index in [1.54, 1.807) is 11.8 Å². The third-order valence-corrected chi connectivity index (χ3v) is 5.79. The molecule has 2 aromatic carbocycles. The van der Waals surface area contributed by atoms with Crippen molar-refractivity contribution in [1.29, 1.82) is 0 Å². The van der Waals surface area contributed by atoms with Gasteiger partial charge < -0.3 is 4.74 Å². The standard InChI is InChI=1S/C22H24N2O2S2/c1-4-19-20(25)23-22(27)24(14-26-13-17-8-6-5-7-9-17)21(19)28-18-11-15(2)10-16(3)12-18/h5-12H,4,13-14H2,1-3H3,(H,23,25,27). The first-order valence-electron chi connectivity index (χ1n) is 9.21. The van der Waals surface area contributed by atoms with E-state index in [4.69, 9.17) is 17.0 Å². The quantitative estimate of drug-likeness (QED) is 0.416. The second-order valence-electron chi connectivity index (χ2n) is 6.71. The molecule has 3 aromatic rings. The van der Waals surface area contributed by atoms with E-state index >= 15 is 0 Å². The third kappa shape index (κ3) is 5.01. The number of nitrogens with zero attached hydrogens (tertiary/aromatic N) is 1. The Bertz CT molecular complexity index is 1050. The van der Waals surface area contributed by atoms with Crippen LogP contribution < -0.4 is 5.56 Å². The molecule has 4 nitrogen and oxygen atoms in total. The number of aromatic amines is 1.